The Morgan fingerprint density at radius 3 is 2.77 bits per heavy atom. The first-order valence-corrected chi connectivity index (χ1v) is 7.54. The van der Waals surface area contributed by atoms with Gasteiger partial charge in [-0.05, 0) is 37.1 Å². The number of esters is 1. The number of hydrogen-bond acceptors (Lipinski definition) is 4. The van der Waals surface area contributed by atoms with Crippen molar-refractivity contribution in [3.8, 4) is 0 Å². The van der Waals surface area contributed by atoms with Crippen molar-refractivity contribution in [3.05, 3.63) is 34.5 Å². The zero-order valence-corrected chi connectivity index (χ0v) is 13.1. The van der Waals surface area contributed by atoms with Crippen molar-refractivity contribution in [1.29, 1.82) is 0 Å². The first-order chi connectivity index (χ1) is 10.6. The van der Waals surface area contributed by atoms with Gasteiger partial charge in [0.2, 0.25) is 0 Å². The molecule has 118 valence electrons. The van der Waals surface area contributed by atoms with Crippen LogP contribution >= 0.6 is 11.6 Å². The van der Waals surface area contributed by atoms with Crippen molar-refractivity contribution >= 4 is 34.3 Å². The van der Waals surface area contributed by atoms with Crippen LogP contribution in [0.2, 0.25) is 5.02 Å². The summed E-state index contributed by atoms with van der Waals surface area (Å²) in [6, 6.07) is 5.29. The second-order valence-corrected chi connectivity index (χ2v) is 5.31. The SMILES string of the molecule is CCOC(=O)CCC(=O)c1[nH]c2ccc(Cl)cc2c1CCO. The molecule has 22 heavy (non-hydrogen) atoms. The molecule has 0 bridgehead atoms. The molecule has 2 rings (SSSR count). The highest BCUT2D eigenvalue weighted by Gasteiger charge is 2.18. The van der Waals surface area contributed by atoms with E-state index in [2.05, 4.69) is 4.98 Å². The number of ketones is 1. The van der Waals surface area contributed by atoms with E-state index in [-0.39, 0.29) is 25.2 Å². The van der Waals surface area contributed by atoms with Gasteiger partial charge >= 0.3 is 5.97 Å². The lowest BCUT2D eigenvalue weighted by atomic mass is 10.0. The molecule has 6 heteroatoms. The summed E-state index contributed by atoms with van der Waals surface area (Å²) in [5, 5.41) is 10.6. The highest BCUT2D eigenvalue weighted by Crippen LogP contribution is 2.27. The monoisotopic (exact) mass is 323 g/mol. The van der Waals surface area contributed by atoms with E-state index in [0.717, 1.165) is 16.5 Å². The molecular formula is C16H18ClNO4. The van der Waals surface area contributed by atoms with Crippen LogP contribution in [0.3, 0.4) is 0 Å². The molecule has 1 aromatic heterocycles. The predicted octanol–water partition coefficient (Wildman–Crippen LogP) is 2.88. The number of ether oxygens (including phenoxy) is 1. The second-order valence-electron chi connectivity index (χ2n) is 4.87. The Morgan fingerprint density at radius 1 is 1.32 bits per heavy atom. The first-order valence-electron chi connectivity index (χ1n) is 7.16. The molecule has 0 fully saturated rings. The van der Waals surface area contributed by atoms with Gasteiger partial charge < -0.3 is 14.8 Å². The molecule has 0 aliphatic heterocycles. The maximum Gasteiger partial charge on any atom is 0.306 e. The number of aliphatic hydroxyl groups is 1. The highest BCUT2D eigenvalue weighted by atomic mass is 35.5. The van der Waals surface area contributed by atoms with Gasteiger partial charge in [-0.15, -0.1) is 0 Å². The number of carbonyl (C=O) groups is 2. The Bertz CT molecular complexity index is 693. The van der Waals surface area contributed by atoms with Gasteiger partial charge in [0, 0.05) is 29.0 Å². The molecule has 0 unspecified atom stereocenters. The highest BCUT2D eigenvalue weighted by molar-refractivity contribution is 6.31. The van der Waals surface area contributed by atoms with Crippen molar-refractivity contribution < 1.29 is 19.4 Å². The molecule has 0 radical (unpaired) electrons. The van der Waals surface area contributed by atoms with Crippen LogP contribution in [0.25, 0.3) is 10.9 Å². The van der Waals surface area contributed by atoms with Crippen LogP contribution in [0.15, 0.2) is 18.2 Å². The van der Waals surface area contributed by atoms with E-state index >= 15 is 0 Å². The van der Waals surface area contributed by atoms with Gasteiger partial charge in [0.25, 0.3) is 0 Å². The molecule has 0 saturated carbocycles. The minimum absolute atomic E-state index is 0.0430. The molecule has 0 spiro atoms. The van der Waals surface area contributed by atoms with E-state index in [1.54, 1.807) is 25.1 Å². The Labute approximate surface area is 133 Å². The van der Waals surface area contributed by atoms with Gasteiger partial charge in [-0.2, -0.15) is 0 Å². The number of hydrogen-bond donors (Lipinski definition) is 2. The van der Waals surface area contributed by atoms with Crippen molar-refractivity contribution in [2.75, 3.05) is 13.2 Å². The third kappa shape index (κ3) is 3.67. The molecule has 0 amide bonds. The summed E-state index contributed by atoms with van der Waals surface area (Å²) in [4.78, 5) is 26.8. The Kier molecular flexibility index (Phi) is 5.57. The fourth-order valence-electron chi connectivity index (χ4n) is 2.40. The zero-order chi connectivity index (χ0) is 16.1. The Morgan fingerprint density at radius 2 is 2.09 bits per heavy atom. The topological polar surface area (TPSA) is 79.4 Å². The van der Waals surface area contributed by atoms with Crippen LogP contribution in [-0.4, -0.2) is 35.1 Å². The average Bonchev–Trinajstić information content (AvgIpc) is 2.84. The van der Waals surface area contributed by atoms with Crippen molar-refractivity contribution in [3.63, 3.8) is 0 Å². The molecule has 2 aromatic rings. The van der Waals surface area contributed by atoms with E-state index in [9.17, 15) is 14.7 Å². The maximum absolute atomic E-state index is 12.3. The molecule has 0 saturated heterocycles. The fourth-order valence-corrected chi connectivity index (χ4v) is 2.58. The molecule has 1 aromatic carbocycles. The minimum atomic E-state index is -0.390. The summed E-state index contributed by atoms with van der Waals surface area (Å²) >= 11 is 5.99. The first kappa shape index (κ1) is 16.5. The lowest BCUT2D eigenvalue weighted by Gasteiger charge is -2.03. The summed E-state index contributed by atoms with van der Waals surface area (Å²) in [7, 11) is 0. The minimum Gasteiger partial charge on any atom is -0.466 e. The number of H-pyrrole nitrogens is 1. The van der Waals surface area contributed by atoms with Gasteiger partial charge in [0.1, 0.15) is 0 Å². The van der Waals surface area contributed by atoms with Gasteiger partial charge in [-0.3, -0.25) is 9.59 Å². The lowest BCUT2D eigenvalue weighted by Crippen LogP contribution is -2.10. The molecule has 0 aliphatic rings. The number of aromatic amines is 1. The zero-order valence-electron chi connectivity index (χ0n) is 12.3. The molecule has 0 aliphatic carbocycles. The van der Waals surface area contributed by atoms with Crippen LogP contribution in [0.4, 0.5) is 0 Å². The number of nitrogens with one attached hydrogen (secondary N) is 1. The van der Waals surface area contributed by atoms with Gasteiger partial charge in [0.05, 0.1) is 18.7 Å². The lowest BCUT2D eigenvalue weighted by molar-refractivity contribution is -0.143. The number of carbonyl (C=O) groups excluding carboxylic acids is 2. The number of halogens is 1. The Balaban J connectivity index is 2.27. The molecule has 0 atom stereocenters. The van der Waals surface area contributed by atoms with E-state index in [0.29, 0.717) is 23.7 Å². The molecule has 2 N–H and O–H groups in total. The van der Waals surface area contributed by atoms with Crippen LogP contribution in [0, 0.1) is 0 Å². The van der Waals surface area contributed by atoms with Gasteiger partial charge in [-0.1, -0.05) is 11.6 Å². The van der Waals surface area contributed by atoms with E-state index in [1.807, 2.05) is 0 Å². The summed E-state index contributed by atoms with van der Waals surface area (Å²) in [5.74, 6) is -0.567. The van der Waals surface area contributed by atoms with Crippen LogP contribution < -0.4 is 0 Å². The van der Waals surface area contributed by atoms with Crippen LogP contribution in [0.1, 0.15) is 35.8 Å². The standard InChI is InChI=1S/C16H18ClNO4/c1-2-22-15(21)6-5-14(20)16-11(7-8-19)12-9-10(17)3-4-13(12)18-16/h3-4,9,18-19H,2,5-8H2,1H3. The van der Waals surface area contributed by atoms with Crippen molar-refractivity contribution in [2.24, 2.45) is 0 Å². The predicted molar refractivity (Wildman–Crippen MR) is 84.3 cm³/mol. The number of aromatic nitrogens is 1. The largest absolute Gasteiger partial charge is 0.466 e. The maximum atomic E-state index is 12.3. The summed E-state index contributed by atoms with van der Waals surface area (Å²) < 4.78 is 4.82. The quantitative estimate of drug-likeness (QED) is 0.606. The van der Waals surface area contributed by atoms with E-state index < -0.39 is 5.97 Å². The third-order valence-corrected chi connectivity index (χ3v) is 3.61. The number of rotatable bonds is 7. The van der Waals surface area contributed by atoms with Gasteiger partial charge in [-0.25, -0.2) is 0 Å². The smallest absolute Gasteiger partial charge is 0.306 e. The number of aliphatic hydroxyl groups excluding tert-OH is 1. The average molecular weight is 324 g/mol. The van der Waals surface area contributed by atoms with E-state index in [1.165, 1.54) is 0 Å². The van der Waals surface area contributed by atoms with E-state index in [4.69, 9.17) is 16.3 Å². The molecular weight excluding hydrogens is 306 g/mol. The number of benzene rings is 1. The van der Waals surface area contributed by atoms with Crippen LogP contribution in [-0.2, 0) is 16.0 Å². The fraction of sp³-hybridized carbons (Fsp3) is 0.375. The second kappa shape index (κ2) is 7.42. The molecule has 1 heterocycles. The summed E-state index contributed by atoms with van der Waals surface area (Å²) in [6.07, 6.45) is 0.458. The van der Waals surface area contributed by atoms with Gasteiger partial charge in [0.15, 0.2) is 5.78 Å². The van der Waals surface area contributed by atoms with Crippen molar-refractivity contribution in [1.82, 2.24) is 4.98 Å². The summed E-state index contributed by atoms with van der Waals surface area (Å²) in [5.41, 5.74) is 1.94. The normalized spacial score (nSPS) is 10.9. The third-order valence-electron chi connectivity index (χ3n) is 3.37. The van der Waals surface area contributed by atoms with Crippen LogP contribution in [0.5, 0.6) is 0 Å². The molecule has 5 nitrogen and oxygen atoms in total. The number of fused-ring (bicyclic) bond motifs is 1. The summed E-state index contributed by atoms with van der Waals surface area (Å²) in [6.45, 7) is 1.95. The van der Waals surface area contributed by atoms with Crippen molar-refractivity contribution in [2.45, 2.75) is 26.2 Å². The number of Topliss-reactive ketones (excluding diaryl/α,β-unsaturated/α-hetero) is 1. The Hall–Kier alpha value is -1.85.